The van der Waals surface area contributed by atoms with Gasteiger partial charge in [-0.2, -0.15) is 9.78 Å². The molecule has 0 amide bonds. The van der Waals surface area contributed by atoms with Crippen LogP contribution in [-0.2, 0) is 4.74 Å². The zero-order valence-electron chi connectivity index (χ0n) is 13.9. The Kier molecular flexibility index (Phi) is 5.07. The maximum Gasteiger partial charge on any atom is 0.358 e. The van der Waals surface area contributed by atoms with Crippen LogP contribution in [0.25, 0.3) is 5.69 Å². The normalized spacial score (nSPS) is 10.4. The topological polar surface area (TPSA) is 70.4 Å². The molecule has 0 aliphatic carbocycles. The van der Waals surface area contributed by atoms with Crippen LogP contribution in [0.5, 0.6) is 5.88 Å². The molecule has 0 spiro atoms. The second kappa shape index (κ2) is 7.60. The van der Waals surface area contributed by atoms with Crippen molar-refractivity contribution in [2.45, 2.75) is 6.92 Å². The van der Waals surface area contributed by atoms with Crippen LogP contribution in [-0.4, -0.2) is 28.3 Å². The Morgan fingerprint density at radius 2 is 1.81 bits per heavy atom. The van der Waals surface area contributed by atoms with E-state index in [0.717, 1.165) is 6.07 Å². The van der Waals surface area contributed by atoms with Gasteiger partial charge in [0.25, 0.3) is 0 Å². The molecule has 2 aromatic carbocycles. The van der Waals surface area contributed by atoms with E-state index in [0.29, 0.717) is 5.69 Å². The van der Waals surface area contributed by atoms with Crippen molar-refractivity contribution in [3.8, 4) is 11.6 Å². The second-order valence-corrected chi connectivity index (χ2v) is 5.24. The summed E-state index contributed by atoms with van der Waals surface area (Å²) in [6.07, 6.45) is 0. The lowest BCUT2D eigenvalue weighted by atomic mass is 10.2. The van der Waals surface area contributed by atoms with E-state index in [1.54, 1.807) is 31.2 Å². The minimum Gasteiger partial charge on any atom is -0.461 e. The number of ether oxygens (including phenoxy) is 2. The number of hydrogen-bond donors (Lipinski definition) is 0. The number of nitrogens with zero attached hydrogens (tertiary/aromatic N) is 2. The van der Waals surface area contributed by atoms with Gasteiger partial charge < -0.3 is 9.47 Å². The van der Waals surface area contributed by atoms with Gasteiger partial charge in [0.1, 0.15) is 5.82 Å². The van der Waals surface area contributed by atoms with Gasteiger partial charge in [-0.05, 0) is 37.3 Å². The summed E-state index contributed by atoms with van der Waals surface area (Å²) < 4.78 is 24.9. The van der Waals surface area contributed by atoms with Crippen LogP contribution in [0.15, 0.2) is 60.7 Å². The minimum absolute atomic E-state index is 0.00209. The van der Waals surface area contributed by atoms with Crippen LogP contribution < -0.4 is 4.74 Å². The molecule has 0 aliphatic heterocycles. The van der Waals surface area contributed by atoms with Crippen LogP contribution in [0.1, 0.15) is 27.8 Å². The number of aromatic nitrogens is 2. The highest BCUT2D eigenvalue weighted by Crippen LogP contribution is 2.21. The standard InChI is InChI=1S/C19H15FN2O4/c1-2-25-19(24)16-12-17(22(21-16)15-9-4-3-5-10-15)26-18(23)13-7-6-8-14(20)11-13/h3-12H,2H2,1H3. The first-order valence-electron chi connectivity index (χ1n) is 7.89. The lowest BCUT2D eigenvalue weighted by Gasteiger charge is -2.07. The smallest absolute Gasteiger partial charge is 0.358 e. The van der Waals surface area contributed by atoms with Crippen LogP contribution in [0.2, 0.25) is 0 Å². The molecule has 132 valence electrons. The van der Waals surface area contributed by atoms with Gasteiger partial charge in [-0.15, -0.1) is 0 Å². The summed E-state index contributed by atoms with van der Waals surface area (Å²) in [4.78, 5) is 24.3. The maximum absolute atomic E-state index is 13.3. The van der Waals surface area contributed by atoms with E-state index >= 15 is 0 Å². The monoisotopic (exact) mass is 354 g/mol. The Morgan fingerprint density at radius 1 is 1.04 bits per heavy atom. The molecule has 0 saturated carbocycles. The summed E-state index contributed by atoms with van der Waals surface area (Å²) in [5, 5.41) is 4.15. The average molecular weight is 354 g/mol. The fourth-order valence-corrected chi connectivity index (χ4v) is 2.26. The van der Waals surface area contributed by atoms with Crippen molar-refractivity contribution in [3.05, 3.63) is 77.7 Å². The highest BCUT2D eigenvalue weighted by molar-refractivity contribution is 5.92. The Morgan fingerprint density at radius 3 is 2.50 bits per heavy atom. The number of benzene rings is 2. The predicted octanol–water partition coefficient (Wildman–Crippen LogP) is 3.41. The molecular weight excluding hydrogens is 339 g/mol. The number of rotatable bonds is 5. The Labute approximate surface area is 148 Å². The van der Waals surface area contributed by atoms with Crippen molar-refractivity contribution in [2.24, 2.45) is 0 Å². The highest BCUT2D eigenvalue weighted by atomic mass is 19.1. The summed E-state index contributed by atoms with van der Waals surface area (Å²) >= 11 is 0. The third kappa shape index (κ3) is 3.77. The molecule has 3 rings (SSSR count). The van der Waals surface area contributed by atoms with E-state index < -0.39 is 17.8 Å². The van der Waals surface area contributed by atoms with E-state index in [1.165, 1.54) is 28.9 Å². The molecule has 0 radical (unpaired) electrons. The molecule has 6 nitrogen and oxygen atoms in total. The summed E-state index contributed by atoms with van der Waals surface area (Å²) in [5.74, 6) is -1.93. The lowest BCUT2D eigenvalue weighted by molar-refractivity contribution is 0.0518. The number of halogens is 1. The molecule has 0 atom stereocenters. The molecule has 1 heterocycles. The molecule has 0 aliphatic rings. The zero-order valence-corrected chi connectivity index (χ0v) is 13.9. The van der Waals surface area contributed by atoms with E-state index in [2.05, 4.69) is 5.10 Å². The second-order valence-electron chi connectivity index (χ2n) is 5.24. The molecule has 7 heteroatoms. The SMILES string of the molecule is CCOC(=O)c1cc(OC(=O)c2cccc(F)c2)n(-c2ccccc2)n1. The molecule has 0 unspecified atom stereocenters. The quantitative estimate of drug-likeness (QED) is 0.657. The first-order chi connectivity index (χ1) is 12.6. The van der Waals surface area contributed by atoms with Crippen molar-refractivity contribution < 1.29 is 23.5 Å². The van der Waals surface area contributed by atoms with Crippen LogP contribution >= 0.6 is 0 Å². The predicted molar refractivity (Wildman–Crippen MR) is 90.9 cm³/mol. The average Bonchev–Trinajstić information content (AvgIpc) is 3.06. The van der Waals surface area contributed by atoms with Crippen molar-refractivity contribution in [2.75, 3.05) is 6.61 Å². The molecular formula is C19H15FN2O4. The third-order valence-electron chi connectivity index (χ3n) is 3.42. The van der Waals surface area contributed by atoms with Crippen molar-refractivity contribution >= 4 is 11.9 Å². The van der Waals surface area contributed by atoms with E-state index in [-0.39, 0.29) is 23.7 Å². The molecule has 0 saturated heterocycles. The van der Waals surface area contributed by atoms with Gasteiger partial charge in [0.15, 0.2) is 5.69 Å². The Bertz CT molecular complexity index is 938. The van der Waals surface area contributed by atoms with Gasteiger partial charge in [-0.3, -0.25) is 0 Å². The highest BCUT2D eigenvalue weighted by Gasteiger charge is 2.20. The largest absolute Gasteiger partial charge is 0.461 e. The van der Waals surface area contributed by atoms with Crippen molar-refractivity contribution in [1.29, 1.82) is 0 Å². The summed E-state index contributed by atoms with van der Waals surface area (Å²) in [7, 11) is 0. The van der Waals surface area contributed by atoms with Gasteiger partial charge in [0, 0.05) is 6.07 Å². The van der Waals surface area contributed by atoms with Crippen LogP contribution in [0.3, 0.4) is 0 Å². The molecule has 0 fully saturated rings. The number of carbonyl (C=O) groups excluding carboxylic acids is 2. The van der Waals surface area contributed by atoms with Gasteiger partial charge in [-0.1, -0.05) is 24.3 Å². The summed E-state index contributed by atoms with van der Waals surface area (Å²) in [6.45, 7) is 1.87. The van der Waals surface area contributed by atoms with E-state index in [4.69, 9.17) is 9.47 Å². The van der Waals surface area contributed by atoms with Gasteiger partial charge in [0.05, 0.1) is 17.9 Å². The number of esters is 2. The first-order valence-corrected chi connectivity index (χ1v) is 7.89. The lowest BCUT2D eigenvalue weighted by Crippen LogP contribution is -2.12. The van der Waals surface area contributed by atoms with Crippen LogP contribution in [0, 0.1) is 5.82 Å². The molecule has 1 aromatic heterocycles. The molecule has 26 heavy (non-hydrogen) atoms. The van der Waals surface area contributed by atoms with E-state index in [9.17, 15) is 14.0 Å². The number of hydrogen-bond acceptors (Lipinski definition) is 5. The van der Waals surface area contributed by atoms with Crippen molar-refractivity contribution in [1.82, 2.24) is 9.78 Å². The van der Waals surface area contributed by atoms with Gasteiger partial charge in [0.2, 0.25) is 5.88 Å². The van der Waals surface area contributed by atoms with Crippen LogP contribution in [0.4, 0.5) is 4.39 Å². The van der Waals surface area contributed by atoms with Gasteiger partial charge in [-0.25, -0.2) is 14.0 Å². The molecule has 0 bridgehead atoms. The Hall–Kier alpha value is -3.48. The number of carbonyl (C=O) groups is 2. The van der Waals surface area contributed by atoms with Gasteiger partial charge >= 0.3 is 11.9 Å². The Balaban J connectivity index is 1.96. The van der Waals surface area contributed by atoms with Crippen molar-refractivity contribution in [3.63, 3.8) is 0 Å². The summed E-state index contributed by atoms with van der Waals surface area (Å²) in [5.41, 5.74) is 0.631. The van der Waals surface area contributed by atoms with E-state index in [1.807, 2.05) is 6.07 Å². The third-order valence-corrected chi connectivity index (χ3v) is 3.42. The molecule has 0 N–H and O–H groups in total. The molecule has 3 aromatic rings. The first kappa shape index (κ1) is 17.3. The number of para-hydroxylation sites is 1. The fraction of sp³-hybridized carbons (Fsp3) is 0.105. The zero-order chi connectivity index (χ0) is 18.5. The maximum atomic E-state index is 13.3. The summed E-state index contributed by atoms with van der Waals surface area (Å²) in [6, 6.07) is 15.3. The minimum atomic E-state index is -0.767. The fourth-order valence-electron chi connectivity index (χ4n) is 2.26.